The fourth-order valence-corrected chi connectivity index (χ4v) is 5.23. The van der Waals surface area contributed by atoms with Gasteiger partial charge in [0.2, 0.25) is 0 Å². The second-order valence-corrected chi connectivity index (χ2v) is 10.2. The molecule has 4 rings (SSSR count). The number of rotatable bonds is 10. The third kappa shape index (κ3) is 6.24. The Morgan fingerprint density at radius 1 is 0.806 bits per heavy atom. The van der Waals surface area contributed by atoms with Gasteiger partial charge in [-0.2, -0.15) is 0 Å². The van der Waals surface area contributed by atoms with Crippen LogP contribution in [0.3, 0.4) is 0 Å². The number of halogens is 1. The molecule has 36 heavy (non-hydrogen) atoms. The van der Waals surface area contributed by atoms with E-state index in [2.05, 4.69) is 5.32 Å². The minimum atomic E-state index is -3.96. The molecule has 0 radical (unpaired) electrons. The number of para-hydroxylation sites is 1. The first-order valence-corrected chi connectivity index (χ1v) is 13.1. The molecule has 0 fully saturated rings. The minimum absolute atomic E-state index is 0.0715. The van der Waals surface area contributed by atoms with Crippen LogP contribution in [0, 0.1) is 0 Å². The molecule has 1 N–H and O–H groups in total. The van der Waals surface area contributed by atoms with Crippen LogP contribution < -0.4 is 14.4 Å². The highest BCUT2D eigenvalue weighted by Crippen LogP contribution is 2.29. The summed E-state index contributed by atoms with van der Waals surface area (Å²) >= 11 is 5.89. The van der Waals surface area contributed by atoms with Crippen LogP contribution in [0.15, 0.2) is 114 Å². The van der Waals surface area contributed by atoms with E-state index in [4.69, 9.17) is 16.3 Å². The topological polar surface area (TPSA) is 75.7 Å². The van der Waals surface area contributed by atoms with Crippen molar-refractivity contribution >= 4 is 33.2 Å². The van der Waals surface area contributed by atoms with E-state index < -0.39 is 15.9 Å². The van der Waals surface area contributed by atoms with Gasteiger partial charge in [0.05, 0.1) is 29.2 Å². The summed E-state index contributed by atoms with van der Waals surface area (Å²) in [6.07, 6.45) is 0. The van der Waals surface area contributed by atoms with Crippen LogP contribution in [0.25, 0.3) is 0 Å². The number of carbonyl (C=O) groups excluding carboxylic acids is 1. The molecule has 0 aromatic heterocycles. The van der Waals surface area contributed by atoms with Crippen LogP contribution in [0.5, 0.6) is 5.75 Å². The lowest BCUT2D eigenvalue weighted by Crippen LogP contribution is -2.34. The normalized spacial score (nSPS) is 11.0. The molecule has 0 unspecified atom stereocenters. The molecule has 1 amide bonds. The molecule has 0 aliphatic rings. The molecule has 0 spiro atoms. The second-order valence-electron chi connectivity index (χ2n) is 7.89. The highest BCUT2D eigenvalue weighted by molar-refractivity contribution is 7.92. The summed E-state index contributed by atoms with van der Waals surface area (Å²) in [5, 5.41) is 3.43. The predicted octanol–water partition coefficient (Wildman–Crippen LogP) is 5.54. The van der Waals surface area contributed by atoms with Crippen LogP contribution in [0.2, 0.25) is 5.02 Å². The monoisotopic (exact) mass is 520 g/mol. The molecule has 0 aliphatic heterocycles. The molecule has 0 atom stereocenters. The van der Waals surface area contributed by atoms with E-state index in [9.17, 15) is 13.2 Å². The minimum Gasteiger partial charge on any atom is -0.492 e. The van der Waals surface area contributed by atoms with Crippen molar-refractivity contribution in [3.63, 3.8) is 0 Å². The van der Waals surface area contributed by atoms with Gasteiger partial charge in [0.1, 0.15) is 12.4 Å². The fourth-order valence-electron chi connectivity index (χ4n) is 3.61. The average Bonchev–Trinajstić information content (AvgIpc) is 2.91. The van der Waals surface area contributed by atoms with Crippen molar-refractivity contribution in [2.45, 2.75) is 11.4 Å². The predicted molar refractivity (Wildman–Crippen MR) is 142 cm³/mol. The van der Waals surface area contributed by atoms with Gasteiger partial charge in [-0.05, 0) is 54.1 Å². The van der Waals surface area contributed by atoms with Crippen molar-refractivity contribution in [1.82, 2.24) is 5.32 Å². The molecule has 6 nitrogen and oxygen atoms in total. The van der Waals surface area contributed by atoms with Crippen LogP contribution in [0.4, 0.5) is 5.69 Å². The maximum absolute atomic E-state index is 13.7. The first-order valence-electron chi connectivity index (χ1n) is 11.3. The Morgan fingerprint density at radius 2 is 1.42 bits per heavy atom. The number of nitrogens with one attached hydrogen (secondary N) is 1. The number of nitrogens with zero attached hydrogens (tertiary/aromatic N) is 1. The Bertz CT molecular complexity index is 1400. The van der Waals surface area contributed by atoms with Gasteiger partial charge in [-0.1, -0.05) is 72.3 Å². The van der Waals surface area contributed by atoms with E-state index in [1.165, 1.54) is 4.31 Å². The summed E-state index contributed by atoms with van der Waals surface area (Å²) in [4.78, 5) is 13.3. The van der Waals surface area contributed by atoms with E-state index in [-0.39, 0.29) is 30.2 Å². The van der Waals surface area contributed by atoms with Crippen molar-refractivity contribution in [3.8, 4) is 5.75 Å². The van der Waals surface area contributed by atoms with Crippen molar-refractivity contribution < 1.29 is 17.9 Å². The highest BCUT2D eigenvalue weighted by atomic mass is 35.5. The van der Waals surface area contributed by atoms with Gasteiger partial charge in [-0.25, -0.2) is 8.42 Å². The van der Waals surface area contributed by atoms with Gasteiger partial charge in [-0.3, -0.25) is 9.10 Å². The van der Waals surface area contributed by atoms with Crippen molar-refractivity contribution in [2.75, 3.05) is 17.5 Å². The van der Waals surface area contributed by atoms with E-state index >= 15 is 0 Å². The Balaban J connectivity index is 1.57. The van der Waals surface area contributed by atoms with Gasteiger partial charge in [0.25, 0.3) is 15.9 Å². The molecule has 0 saturated heterocycles. The average molecular weight is 521 g/mol. The highest BCUT2D eigenvalue weighted by Gasteiger charge is 2.28. The number of anilines is 1. The lowest BCUT2D eigenvalue weighted by Gasteiger charge is -2.26. The summed E-state index contributed by atoms with van der Waals surface area (Å²) in [6, 6.07) is 31.1. The summed E-state index contributed by atoms with van der Waals surface area (Å²) in [6.45, 7) is 0.549. The molecule has 0 bridgehead atoms. The first kappa shape index (κ1) is 25.3. The van der Waals surface area contributed by atoms with Crippen LogP contribution in [0.1, 0.15) is 15.9 Å². The van der Waals surface area contributed by atoms with E-state index in [0.29, 0.717) is 16.5 Å². The zero-order valence-electron chi connectivity index (χ0n) is 19.4. The quantitative estimate of drug-likeness (QED) is 0.278. The second kappa shape index (κ2) is 11.7. The Kier molecular flexibility index (Phi) is 8.25. The number of hydrogen-bond donors (Lipinski definition) is 1. The van der Waals surface area contributed by atoms with Crippen LogP contribution in [-0.2, 0) is 16.6 Å². The molecule has 4 aromatic carbocycles. The van der Waals surface area contributed by atoms with Gasteiger partial charge in [-0.15, -0.1) is 0 Å². The van der Waals surface area contributed by atoms with Crippen LogP contribution >= 0.6 is 11.6 Å². The largest absolute Gasteiger partial charge is 0.492 e. The van der Waals surface area contributed by atoms with Crippen LogP contribution in [-0.4, -0.2) is 27.5 Å². The summed E-state index contributed by atoms with van der Waals surface area (Å²) < 4.78 is 34.3. The molecule has 4 aromatic rings. The fraction of sp³-hybridized carbons (Fsp3) is 0.107. The number of hydrogen-bond acceptors (Lipinski definition) is 4. The number of amides is 1. The number of ether oxygens (including phenoxy) is 1. The van der Waals surface area contributed by atoms with Crippen molar-refractivity contribution in [1.29, 1.82) is 0 Å². The summed E-state index contributed by atoms with van der Waals surface area (Å²) in [5.74, 6) is 0.240. The lowest BCUT2D eigenvalue weighted by atomic mass is 10.1. The smallest absolute Gasteiger partial charge is 0.264 e. The third-order valence-electron chi connectivity index (χ3n) is 5.39. The Hall–Kier alpha value is -3.81. The standard InChI is InChI=1S/C28H25ClN2O4S/c29-23-15-17-24(18-16-23)35-20-19-30-28(32)26-13-7-8-14-27(26)31(21-22-9-3-1-4-10-22)36(33,34)25-11-5-2-6-12-25/h1-18H,19-21H2,(H,30,32). The van der Waals surface area contributed by atoms with Crippen molar-refractivity contribution in [3.05, 3.63) is 125 Å². The number of sulfonamides is 1. The molecule has 8 heteroatoms. The Morgan fingerprint density at radius 3 is 2.11 bits per heavy atom. The third-order valence-corrected chi connectivity index (χ3v) is 7.41. The van der Waals surface area contributed by atoms with Crippen molar-refractivity contribution in [2.24, 2.45) is 0 Å². The van der Waals surface area contributed by atoms with E-state index in [0.717, 1.165) is 5.56 Å². The molecule has 0 heterocycles. The van der Waals surface area contributed by atoms with E-state index in [1.807, 2.05) is 30.3 Å². The Labute approximate surface area is 216 Å². The first-order chi connectivity index (χ1) is 17.4. The molecule has 0 saturated carbocycles. The number of benzene rings is 4. The van der Waals surface area contributed by atoms with E-state index in [1.54, 1.807) is 78.9 Å². The summed E-state index contributed by atoms with van der Waals surface area (Å²) in [7, 11) is -3.96. The molecular formula is C28H25ClN2O4S. The SMILES string of the molecule is O=C(NCCOc1ccc(Cl)cc1)c1ccccc1N(Cc1ccccc1)S(=O)(=O)c1ccccc1. The lowest BCUT2D eigenvalue weighted by molar-refractivity contribution is 0.0947. The maximum Gasteiger partial charge on any atom is 0.264 e. The molecular weight excluding hydrogens is 496 g/mol. The number of carbonyl (C=O) groups is 1. The van der Waals surface area contributed by atoms with Gasteiger partial charge < -0.3 is 10.1 Å². The summed E-state index contributed by atoms with van der Waals surface area (Å²) in [5.41, 5.74) is 1.34. The van der Waals surface area contributed by atoms with Gasteiger partial charge in [0.15, 0.2) is 0 Å². The zero-order valence-corrected chi connectivity index (χ0v) is 21.0. The molecule has 0 aliphatic carbocycles. The maximum atomic E-state index is 13.7. The van der Waals surface area contributed by atoms with Gasteiger partial charge >= 0.3 is 0 Å². The molecule has 184 valence electrons. The van der Waals surface area contributed by atoms with Gasteiger partial charge in [0, 0.05) is 5.02 Å². The zero-order chi connectivity index (χ0) is 25.4.